The van der Waals surface area contributed by atoms with Crippen molar-refractivity contribution in [2.45, 2.75) is 30.9 Å². The molecule has 20 heavy (non-hydrogen) atoms. The van der Waals surface area contributed by atoms with Crippen LogP contribution in [-0.2, 0) is 14.8 Å². The summed E-state index contributed by atoms with van der Waals surface area (Å²) < 4.78 is 50.4. The summed E-state index contributed by atoms with van der Waals surface area (Å²) in [4.78, 5) is -0.0725. The molecule has 1 aromatic rings. The number of ether oxygens (including phenoxy) is 2. The minimum absolute atomic E-state index is 0.0207. The van der Waals surface area contributed by atoms with E-state index < -0.39 is 15.8 Å². The van der Waals surface area contributed by atoms with Crippen LogP contribution in [0, 0.1) is 5.82 Å². The molecule has 1 heterocycles. The van der Waals surface area contributed by atoms with Gasteiger partial charge >= 0.3 is 0 Å². The first-order valence-electron chi connectivity index (χ1n) is 6.33. The molecule has 0 N–H and O–H groups in total. The van der Waals surface area contributed by atoms with Crippen LogP contribution in [-0.4, -0.2) is 45.1 Å². The van der Waals surface area contributed by atoms with Gasteiger partial charge in [-0.25, -0.2) is 12.8 Å². The van der Waals surface area contributed by atoms with Gasteiger partial charge in [0.25, 0.3) is 0 Å². The molecule has 7 heteroatoms. The zero-order chi connectivity index (χ0) is 14.9. The number of methoxy groups -OCH3 is 1. The molecule has 0 bridgehead atoms. The van der Waals surface area contributed by atoms with E-state index in [1.165, 1.54) is 23.5 Å². The lowest BCUT2D eigenvalue weighted by molar-refractivity contribution is -0.0170. The molecule has 0 aromatic heterocycles. The quantitative estimate of drug-likeness (QED) is 0.851. The summed E-state index contributed by atoms with van der Waals surface area (Å²) in [6, 6.07) is 3.38. The van der Waals surface area contributed by atoms with E-state index >= 15 is 0 Å². The molecule has 1 fully saturated rings. The zero-order valence-electron chi connectivity index (χ0n) is 11.7. The fraction of sp³-hybridized carbons (Fsp3) is 0.538. The molecular formula is C13H18FNO4S. The molecule has 2 unspecified atom stereocenters. The summed E-state index contributed by atoms with van der Waals surface area (Å²) >= 11 is 0. The lowest BCUT2D eigenvalue weighted by Crippen LogP contribution is -2.50. The molecule has 0 amide bonds. The summed E-state index contributed by atoms with van der Waals surface area (Å²) in [7, 11) is -2.40. The van der Waals surface area contributed by atoms with Crippen LogP contribution in [0.15, 0.2) is 23.1 Å². The minimum atomic E-state index is -3.73. The summed E-state index contributed by atoms with van der Waals surface area (Å²) in [5, 5.41) is 0. The minimum Gasteiger partial charge on any atom is -0.494 e. The highest BCUT2D eigenvalue weighted by molar-refractivity contribution is 7.89. The van der Waals surface area contributed by atoms with E-state index in [4.69, 9.17) is 9.47 Å². The van der Waals surface area contributed by atoms with E-state index in [0.29, 0.717) is 6.61 Å². The molecule has 0 aliphatic carbocycles. The van der Waals surface area contributed by atoms with E-state index in [2.05, 4.69) is 0 Å². The third kappa shape index (κ3) is 2.79. The Bertz CT molecular complexity index is 590. The predicted octanol–water partition coefficient (Wildman–Crippen LogP) is 1.63. The van der Waals surface area contributed by atoms with Crippen molar-refractivity contribution >= 4 is 10.0 Å². The summed E-state index contributed by atoms with van der Waals surface area (Å²) in [5.41, 5.74) is 0. The molecule has 1 aromatic carbocycles. The van der Waals surface area contributed by atoms with Gasteiger partial charge in [-0.1, -0.05) is 0 Å². The lowest BCUT2D eigenvalue weighted by Gasteiger charge is -2.35. The van der Waals surface area contributed by atoms with Crippen molar-refractivity contribution in [3.8, 4) is 5.75 Å². The summed E-state index contributed by atoms with van der Waals surface area (Å²) in [5.74, 6) is -0.671. The van der Waals surface area contributed by atoms with E-state index in [-0.39, 0.29) is 29.3 Å². The van der Waals surface area contributed by atoms with Crippen LogP contribution in [0.25, 0.3) is 0 Å². The average molecular weight is 303 g/mol. The Morgan fingerprint density at radius 3 is 2.70 bits per heavy atom. The van der Waals surface area contributed by atoms with Crippen LogP contribution in [0.5, 0.6) is 5.75 Å². The first kappa shape index (κ1) is 15.2. The number of hydrogen-bond acceptors (Lipinski definition) is 4. The number of sulfonamides is 1. The highest BCUT2D eigenvalue weighted by Crippen LogP contribution is 2.26. The second kappa shape index (κ2) is 5.67. The Labute approximate surface area is 118 Å². The summed E-state index contributed by atoms with van der Waals surface area (Å²) in [6.07, 6.45) is -0.177. The van der Waals surface area contributed by atoms with Gasteiger partial charge in [0.1, 0.15) is 0 Å². The molecule has 2 atom stereocenters. The molecule has 0 spiro atoms. The van der Waals surface area contributed by atoms with Gasteiger partial charge in [0.15, 0.2) is 11.6 Å². The molecule has 5 nitrogen and oxygen atoms in total. The third-order valence-corrected chi connectivity index (χ3v) is 5.26. The maximum Gasteiger partial charge on any atom is 0.243 e. The van der Waals surface area contributed by atoms with Crippen LogP contribution in [0.4, 0.5) is 4.39 Å². The summed E-state index contributed by atoms with van der Waals surface area (Å²) in [6.45, 7) is 4.17. The average Bonchev–Trinajstić information content (AvgIpc) is 2.41. The monoisotopic (exact) mass is 303 g/mol. The third-order valence-electron chi connectivity index (χ3n) is 3.28. The number of halogens is 1. The number of hydrogen-bond donors (Lipinski definition) is 0. The fourth-order valence-corrected chi connectivity index (χ4v) is 3.85. The van der Waals surface area contributed by atoms with E-state index in [1.54, 1.807) is 6.92 Å². The molecule has 0 radical (unpaired) electrons. The van der Waals surface area contributed by atoms with Gasteiger partial charge in [-0.2, -0.15) is 4.31 Å². The van der Waals surface area contributed by atoms with Crippen molar-refractivity contribution in [1.29, 1.82) is 0 Å². The number of nitrogens with zero attached hydrogens (tertiary/aromatic N) is 1. The molecule has 1 aliphatic heterocycles. The van der Waals surface area contributed by atoms with E-state index in [0.717, 1.165) is 6.07 Å². The van der Waals surface area contributed by atoms with Crippen LogP contribution >= 0.6 is 0 Å². The van der Waals surface area contributed by atoms with Gasteiger partial charge in [0.05, 0.1) is 24.7 Å². The Morgan fingerprint density at radius 2 is 2.10 bits per heavy atom. The lowest BCUT2D eigenvalue weighted by atomic mass is 10.2. The van der Waals surface area contributed by atoms with Crippen molar-refractivity contribution in [3.63, 3.8) is 0 Å². The Hall–Kier alpha value is -1.18. The van der Waals surface area contributed by atoms with Crippen LogP contribution in [0.1, 0.15) is 13.8 Å². The first-order chi connectivity index (χ1) is 9.36. The largest absolute Gasteiger partial charge is 0.494 e. The van der Waals surface area contributed by atoms with Crippen molar-refractivity contribution in [2.24, 2.45) is 0 Å². The maximum absolute atomic E-state index is 13.7. The van der Waals surface area contributed by atoms with Gasteiger partial charge in [-0.05, 0) is 32.0 Å². The van der Waals surface area contributed by atoms with Gasteiger partial charge in [0.2, 0.25) is 10.0 Å². The topological polar surface area (TPSA) is 55.8 Å². The molecule has 0 saturated carbocycles. The maximum atomic E-state index is 13.7. The highest BCUT2D eigenvalue weighted by atomic mass is 32.2. The van der Waals surface area contributed by atoms with Gasteiger partial charge < -0.3 is 9.47 Å². The predicted molar refractivity (Wildman–Crippen MR) is 71.7 cm³/mol. The molecular weight excluding hydrogens is 285 g/mol. The number of morpholine rings is 1. The highest BCUT2D eigenvalue weighted by Gasteiger charge is 2.34. The van der Waals surface area contributed by atoms with Crippen LogP contribution in [0.3, 0.4) is 0 Å². The molecule has 112 valence electrons. The number of benzene rings is 1. The first-order valence-corrected chi connectivity index (χ1v) is 7.77. The van der Waals surface area contributed by atoms with Gasteiger partial charge in [0, 0.05) is 12.6 Å². The van der Waals surface area contributed by atoms with E-state index in [1.807, 2.05) is 6.92 Å². The van der Waals surface area contributed by atoms with E-state index in [9.17, 15) is 12.8 Å². The van der Waals surface area contributed by atoms with Crippen LogP contribution in [0.2, 0.25) is 0 Å². The number of rotatable bonds is 3. The molecule has 1 aliphatic rings. The Kier molecular flexibility index (Phi) is 4.31. The van der Waals surface area contributed by atoms with Crippen molar-refractivity contribution in [2.75, 3.05) is 20.3 Å². The van der Waals surface area contributed by atoms with Crippen molar-refractivity contribution in [1.82, 2.24) is 4.31 Å². The molecule has 1 saturated heterocycles. The second-order valence-corrected chi connectivity index (χ2v) is 6.75. The Morgan fingerprint density at radius 1 is 1.40 bits per heavy atom. The normalized spacial score (nSPS) is 24.6. The zero-order valence-corrected chi connectivity index (χ0v) is 12.5. The fourth-order valence-electron chi connectivity index (χ4n) is 2.15. The Balaban J connectivity index is 2.36. The van der Waals surface area contributed by atoms with Crippen LogP contribution < -0.4 is 4.74 Å². The second-order valence-electron chi connectivity index (χ2n) is 4.86. The smallest absolute Gasteiger partial charge is 0.243 e. The van der Waals surface area contributed by atoms with Gasteiger partial charge in [-0.3, -0.25) is 0 Å². The van der Waals surface area contributed by atoms with Crippen molar-refractivity contribution < 1.29 is 22.3 Å². The SMILES string of the molecule is COc1ccc(S(=O)(=O)N2CC(C)OCC2C)cc1F. The molecule has 2 rings (SSSR count). The van der Waals surface area contributed by atoms with Gasteiger partial charge in [-0.15, -0.1) is 0 Å². The van der Waals surface area contributed by atoms with Crippen molar-refractivity contribution in [3.05, 3.63) is 24.0 Å². The standard InChI is InChI=1S/C13H18FNO4S/c1-9-8-19-10(2)7-15(9)20(16,17)11-4-5-13(18-3)12(14)6-11/h4-6,9-10H,7-8H2,1-3H3.